The van der Waals surface area contributed by atoms with E-state index in [0.29, 0.717) is 31.7 Å². The maximum Gasteiger partial charge on any atom is 0.573 e. The Morgan fingerprint density at radius 3 is 2.61 bits per heavy atom. The normalized spacial score (nSPS) is 15.5. The Balaban J connectivity index is 1.64. The van der Waals surface area contributed by atoms with Gasteiger partial charge in [-0.3, -0.25) is 9.59 Å². The summed E-state index contributed by atoms with van der Waals surface area (Å²) in [6.07, 6.45) is -0.780. The lowest BCUT2D eigenvalue weighted by Gasteiger charge is -2.31. The molecule has 0 aliphatic carbocycles. The summed E-state index contributed by atoms with van der Waals surface area (Å²) in [4.78, 5) is 30.7. The third-order valence-corrected chi connectivity index (χ3v) is 4.81. The number of alkyl halides is 3. The summed E-state index contributed by atoms with van der Waals surface area (Å²) in [7, 11) is 1.64. The van der Waals surface area contributed by atoms with Crippen LogP contribution in [0.1, 0.15) is 18.4 Å². The number of halogens is 3. The number of para-hydroxylation sites is 1. The summed E-state index contributed by atoms with van der Waals surface area (Å²) in [5.41, 5.74) is 0.0105. The number of hydrogen-bond donors (Lipinski definition) is 0. The van der Waals surface area contributed by atoms with Gasteiger partial charge in [0, 0.05) is 50.4 Å². The maximum atomic E-state index is 12.6. The molecule has 1 saturated heterocycles. The molecule has 0 bridgehead atoms. The van der Waals surface area contributed by atoms with Gasteiger partial charge in [-0.1, -0.05) is 18.2 Å². The van der Waals surface area contributed by atoms with Crippen LogP contribution in [0.5, 0.6) is 5.75 Å². The monoisotopic (exact) mass is 395 g/mol. The predicted molar refractivity (Wildman–Crippen MR) is 96.3 cm³/mol. The second-order valence-corrected chi connectivity index (χ2v) is 6.73. The lowest BCUT2D eigenvalue weighted by Crippen LogP contribution is -2.40. The van der Waals surface area contributed by atoms with Gasteiger partial charge in [0.1, 0.15) is 11.5 Å². The van der Waals surface area contributed by atoms with Gasteiger partial charge in [-0.2, -0.15) is 0 Å². The van der Waals surface area contributed by atoms with Crippen molar-refractivity contribution in [2.45, 2.75) is 25.6 Å². The lowest BCUT2D eigenvalue weighted by molar-refractivity contribution is -0.274. The number of carbonyl (C=O) groups is 1. The molecule has 0 radical (unpaired) electrons. The Hall–Kier alpha value is -2.84. The summed E-state index contributed by atoms with van der Waals surface area (Å²) in [6.45, 7) is 0.979. The van der Waals surface area contributed by atoms with Crippen molar-refractivity contribution < 1.29 is 22.7 Å². The summed E-state index contributed by atoms with van der Waals surface area (Å²) < 4.78 is 43.1. The first kappa shape index (κ1) is 19.9. The van der Waals surface area contributed by atoms with Gasteiger partial charge >= 0.3 is 6.36 Å². The fourth-order valence-corrected chi connectivity index (χ4v) is 3.32. The standard InChI is InChI=1S/C19H20F3N3O3/c1-24-11-8-23-17(18(24)27)25-9-6-13(7-10-25)15(26)12-14-4-2-3-5-16(14)28-19(20,21)22/h2-5,8,11,13H,6-7,9-10,12H2,1H3. The highest BCUT2D eigenvalue weighted by Gasteiger charge is 2.33. The minimum absolute atomic E-state index is 0.123. The summed E-state index contributed by atoms with van der Waals surface area (Å²) in [5, 5.41) is 0. The van der Waals surface area contributed by atoms with Crippen LogP contribution in [0.3, 0.4) is 0 Å². The van der Waals surface area contributed by atoms with Crippen molar-refractivity contribution in [2.75, 3.05) is 18.0 Å². The summed E-state index contributed by atoms with van der Waals surface area (Å²) in [5.74, 6) is -0.410. The highest BCUT2D eigenvalue weighted by Crippen LogP contribution is 2.28. The van der Waals surface area contributed by atoms with Gasteiger partial charge in [-0.05, 0) is 18.9 Å². The van der Waals surface area contributed by atoms with E-state index in [1.54, 1.807) is 25.5 Å². The number of Topliss-reactive ketones (excluding diaryl/α,β-unsaturated/α-hetero) is 1. The van der Waals surface area contributed by atoms with Gasteiger partial charge in [0.05, 0.1) is 0 Å². The number of hydrogen-bond acceptors (Lipinski definition) is 5. The number of ether oxygens (including phenoxy) is 1. The molecule has 28 heavy (non-hydrogen) atoms. The molecule has 0 spiro atoms. The van der Waals surface area contributed by atoms with Gasteiger partial charge in [0.25, 0.3) is 5.56 Å². The maximum absolute atomic E-state index is 12.6. The zero-order valence-electron chi connectivity index (χ0n) is 15.3. The number of benzene rings is 1. The highest BCUT2D eigenvalue weighted by molar-refractivity contribution is 5.84. The minimum Gasteiger partial charge on any atom is -0.405 e. The van der Waals surface area contributed by atoms with E-state index in [2.05, 4.69) is 9.72 Å². The molecule has 1 aromatic heterocycles. The van der Waals surface area contributed by atoms with Crippen LogP contribution >= 0.6 is 0 Å². The van der Waals surface area contributed by atoms with Gasteiger partial charge in [0.2, 0.25) is 0 Å². The van der Waals surface area contributed by atoms with Crippen molar-refractivity contribution >= 4 is 11.6 Å². The molecule has 9 heteroatoms. The summed E-state index contributed by atoms with van der Waals surface area (Å²) >= 11 is 0. The first-order chi connectivity index (χ1) is 13.2. The molecule has 0 amide bonds. The van der Waals surface area contributed by atoms with E-state index in [0.717, 1.165) is 0 Å². The van der Waals surface area contributed by atoms with Gasteiger partial charge in [-0.25, -0.2) is 4.98 Å². The fourth-order valence-electron chi connectivity index (χ4n) is 3.32. The number of aryl methyl sites for hydroxylation is 1. The highest BCUT2D eigenvalue weighted by atomic mass is 19.4. The molecule has 0 atom stereocenters. The molecule has 0 unspecified atom stereocenters. The SMILES string of the molecule is Cn1ccnc(N2CCC(C(=O)Cc3ccccc3OC(F)(F)F)CC2)c1=O. The van der Waals surface area contributed by atoms with E-state index >= 15 is 0 Å². The van der Waals surface area contributed by atoms with E-state index < -0.39 is 6.36 Å². The third kappa shape index (κ3) is 4.71. The number of nitrogens with zero attached hydrogens (tertiary/aromatic N) is 3. The number of piperidine rings is 1. The van der Waals surface area contributed by atoms with Crippen LogP contribution in [0.15, 0.2) is 41.5 Å². The van der Waals surface area contributed by atoms with Crippen molar-refractivity contribution in [3.8, 4) is 5.75 Å². The fraction of sp³-hybridized carbons (Fsp3) is 0.421. The molecule has 2 aromatic rings. The molecule has 2 heterocycles. The van der Waals surface area contributed by atoms with Crippen LogP contribution in [0.25, 0.3) is 0 Å². The first-order valence-corrected chi connectivity index (χ1v) is 8.87. The number of rotatable bonds is 5. The van der Waals surface area contributed by atoms with Crippen molar-refractivity contribution in [1.29, 1.82) is 0 Å². The van der Waals surface area contributed by atoms with Crippen molar-refractivity contribution in [3.05, 3.63) is 52.6 Å². The number of anilines is 1. The molecule has 150 valence electrons. The minimum atomic E-state index is -4.81. The molecular formula is C19H20F3N3O3. The summed E-state index contributed by atoms with van der Waals surface area (Å²) in [6, 6.07) is 5.67. The van der Waals surface area contributed by atoms with E-state index in [1.807, 2.05) is 4.90 Å². The van der Waals surface area contributed by atoms with E-state index in [9.17, 15) is 22.8 Å². The largest absolute Gasteiger partial charge is 0.573 e. The van der Waals surface area contributed by atoms with Crippen LogP contribution in [0.4, 0.5) is 19.0 Å². The van der Waals surface area contributed by atoms with Crippen molar-refractivity contribution in [2.24, 2.45) is 13.0 Å². The Morgan fingerprint density at radius 2 is 1.93 bits per heavy atom. The molecule has 1 fully saturated rings. The molecule has 1 aliphatic heterocycles. The van der Waals surface area contributed by atoms with E-state index in [4.69, 9.17) is 0 Å². The van der Waals surface area contributed by atoms with Crippen LogP contribution in [0, 0.1) is 5.92 Å². The topological polar surface area (TPSA) is 64.4 Å². The van der Waals surface area contributed by atoms with Crippen molar-refractivity contribution in [1.82, 2.24) is 9.55 Å². The smallest absolute Gasteiger partial charge is 0.405 e. The van der Waals surface area contributed by atoms with Crippen LogP contribution < -0.4 is 15.2 Å². The van der Waals surface area contributed by atoms with Crippen molar-refractivity contribution in [3.63, 3.8) is 0 Å². The Kier molecular flexibility index (Phi) is 5.71. The molecule has 1 aliphatic rings. The molecule has 3 rings (SSSR count). The Labute approximate surface area is 159 Å². The first-order valence-electron chi connectivity index (χ1n) is 8.87. The molecule has 6 nitrogen and oxygen atoms in total. The molecule has 0 N–H and O–H groups in total. The number of aromatic nitrogens is 2. The van der Waals surface area contributed by atoms with Crippen LogP contribution in [0.2, 0.25) is 0 Å². The average Bonchev–Trinajstić information content (AvgIpc) is 2.64. The number of ketones is 1. The predicted octanol–water partition coefficient (Wildman–Crippen LogP) is 2.71. The van der Waals surface area contributed by atoms with Crippen LogP contribution in [-0.4, -0.2) is 34.8 Å². The quantitative estimate of drug-likeness (QED) is 0.779. The lowest BCUT2D eigenvalue weighted by atomic mass is 9.89. The zero-order chi connectivity index (χ0) is 20.3. The van der Waals surface area contributed by atoms with Crippen LogP contribution in [-0.2, 0) is 18.3 Å². The van der Waals surface area contributed by atoms with Gasteiger partial charge in [0.15, 0.2) is 5.82 Å². The molecular weight excluding hydrogens is 375 g/mol. The second-order valence-electron chi connectivity index (χ2n) is 6.73. The molecule has 0 saturated carbocycles. The number of carbonyl (C=O) groups excluding carboxylic acids is 1. The second kappa shape index (κ2) is 8.04. The zero-order valence-corrected chi connectivity index (χ0v) is 15.3. The third-order valence-electron chi connectivity index (χ3n) is 4.81. The van der Waals surface area contributed by atoms with Gasteiger partial charge < -0.3 is 14.2 Å². The van der Waals surface area contributed by atoms with E-state index in [1.165, 1.54) is 22.8 Å². The Morgan fingerprint density at radius 1 is 1.25 bits per heavy atom. The Bertz CT molecular complexity index is 903. The molecule has 1 aromatic carbocycles. The van der Waals surface area contributed by atoms with E-state index in [-0.39, 0.29) is 35.0 Å². The average molecular weight is 395 g/mol. The van der Waals surface area contributed by atoms with Gasteiger partial charge in [-0.15, -0.1) is 13.2 Å².